The lowest BCUT2D eigenvalue weighted by Gasteiger charge is -2.25. The van der Waals surface area contributed by atoms with Crippen LogP contribution >= 0.6 is 0 Å². The summed E-state index contributed by atoms with van der Waals surface area (Å²) < 4.78 is 0. The van der Waals surface area contributed by atoms with Gasteiger partial charge in [-0.05, 0) is 33.3 Å². The van der Waals surface area contributed by atoms with E-state index in [0.29, 0.717) is 19.5 Å². The number of hydrogen-bond donors (Lipinski definition) is 3. The summed E-state index contributed by atoms with van der Waals surface area (Å²) in [5, 5.41) is 17.1. The molecule has 0 aliphatic carbocycles. The Kier molecular flexibility index (Phi) is 3.64. The summed E-state index contributed by atoms with van der Waals surface area (Å²) in [4.78, 5) is 13.7. The van der Waals surface area contributed by atoms with E-state index in [0.717, 1.165) is 11.4 Å². The van der Waals surface area contributed by atoms with Gasteiger partial charge in [-0.2, -0.15) is 5.10 Å². The second kappa shape index (κ2) is 4.94. The maximum absolute atomic E-state index is 12.1. The number of nitrogens with two attached hydrogens (primary N) is 1. The Labute approximate surface area is 113 Å². The molecule has 2 rings (SSSR count). The molecule has 6 heteroatoms. The normalized spacial score (nSPS) is 23.9. The zero-order chi connectivity index (χ0) is 14.2. The van der Waals surface area contributed by atoms with Gasteiger partial charge in [0.2, 0.25) is 5.91 Å². The molecule has 0 bridgehead atoms. The number of amides is 1. The van der Waals surface area contributed by atoms with Crippen LogP contribution in [-0.4, -0.2) is 50.8 Å². The summed E-state index contributed by atoms with van der Waals surface area (Å²) in [6, 6.07) is 1.96. The molecule has 0 aromatic carbocycles. The van der Waals surface area contributed by atoms with Crippen molar-refractivity contribution in [1.82, 2.24) is 15.1 Å². The van der Waals surface area contributed by atoms with E-state index in [1.54, 1.807) is 18.7 Å². The van der Waals surface area contributed by atoms with Crippen molar-refractivity contribution in [3.05, 3.63) is 17.5 Å². The van der Waals surface area contributed by atoms with Crippen LogP contribution in [-0.2, 0) is 11.2 Å². The van der Waals surface area contributed by atoms with Gasteiger partial charge >= 0.3 is 0 Å². The monoisotopic (exact) mass is 266 g/mol. The summed E-state index contributed by atoms with van der Waals surface area (Å²) in [7, 11) is 0. The van der Waals surface area contributed by atoms with E-state index in [1.165, 1.54) is 0 Å². The molecule has 1 saturated heterocycles. The molecule has 1 aliphatic rings. The van der Waals surface area contributed by atoms with Crippen molar-refractivity contribution in [1.29, 1.82) is 0 Å². The molecule has 0 unspecified atom stereocenters. The smallest absolute Gasteiger partial charge is 0.242 e. The SMILES string of the molecule is Cc1cc(C[C@@H]2CN(C(=O)C(C)(C)N)C[C@H]2O)n[nH]1. The predicted molar refractivity (Wildman–Crippen MR) is 71.4 cm³/mol. The summed E-state index contributed by atoms with van der Waals surface area (Å²) in [6.45, 7) is 6.20. The average molecular weight is 266 g/mol. The van der Waals surface area contributed by atoms with Crippen LogP contribution in [0.25, 0.3) is 0 Å². The number of H-pyrrole nitrogens is 1. The molecule has 106 valence electrons. The number of β-amino-alcohol motifs (C(OH)–C–C–N with tert-alkyl or cyclic N) is 1. The molecule has 1 amide bonds. The van der Waals surface area contributed by atoms with Crippen LogP contribution < -0.4 is 5.73 Å². The van der Waals surface area contributed by atoms with Gasteiger partial charge in [-0.15, -0.1) is 0 Å². The van der Waals surface area contributed by atoms with Crippen molar-refractivity contribution in [2.24, 2.45) is 11.7 Å². The van der Waals surface area contributed by atoms with Crippen LogP contribution in [0.2, 0.25) is 0 Å². The second-order valence-corrected chi connectivity index (χ2v) is 6.01. The van der Waals surface area contributed by atoms with Crippen molar-refractivity contribution in [2.45, 2.75) is 38.8 Å². The van der Waals surface area contributed by atoms with Crippen molar-refractivity contribution >= 4 is 5.91 Å². The minimum atomic E-state index is -0.891. The molecule has 1 aromatic heterocycles. The molecule has 4 N–H and O–H groups in total. The molecule has 1 aliphatic heterocycles. The lowest BCUT2D eigenvalue weighted by atomic mass is 10.00. The molecule has 2 heterocycles. The first-order valence-electron chi connectivity index (χ1n) is 6.54. The van der Waals surface area contributed by atoms with Crippen molar-refractivity contribution < 1.29 is 9.90 Å². The first kappa shape index (κ1) is 14.0. The zero-order valence-corrected chi connectivity index (χ0v) is 11.7. The predicted octanol–water partition coefficient (Wildman–Crippen LogP) is -0.183. The number of carbonyl (C=O) groups is 1. The first-order valence-corrected chi connectivity index (χ1v) is 6.54. The highest BCUT2D eigenvalue weighted by molar-refractivity contribution is 5.85. The van der Waals surface area contributed by atoms with Crippen molar-refractivity contribution in [3.63, 3.8) is 0 Å². The number of aromatic nitrogens is 2. The number of likely N-dealkylation sites (tertiary alicyclic amines) is 1. The quantitative estimate of drug-likeness (QED) is 0.707. The number of nitrogens with zero attached hydrogens (tertiary/aromatic N) is 2. The van der Waals surface area contributed by atoms with Crippen LogP contribution in [0.4, 0.5) is 0 Å². The highest BCUT2D eigenvalue weighted by Crippen LogP contribution is 2.22. The van der Waals surface area contributed by atoms with Gasteiger partial charge in [-0.1, -0.05) is 0 Å². The number of carbonyl (C=O) groups excluding carboxylic acids is 1. The van der Waals surface area contributed by atoms with E-state index < -0.39 is 11.6 Å². The standard InChI is InChI=1S/C13H22N4O2/c1-8-4-10(16-15-8)5-9-6-17(7-11(9)18)12(19)13(2,3)14/h4,9,11,18H,5-7,14H2,1-3H3,(H,15,16)/t9-,11-/m1/s1. The fraction of sp³-hybridized carbons (Fsp3) is 0.692. The minimum Gasteiger partial charge on any atom is -0.391 e. The highest BCUT2D eigenvalue weighted by Gasteiger charge is 2.38. The van der Waals surface area contributed by atoms with E-state index in [9.17, 15) is 9.90 Å². The molecule has 0 saturated carbocycles. The molecule has 0 spiro atoms. The highest BCUT2D eigenvalue weighted by atomic mass is 16.3. The maximum atomic E-state index is 12.1. The minimum absolute atomic E-state index is 0.0222. The number of aryl methyl sites for hydroxylation is 1. The molecular weight excluding hydrogens is 244 g/mol. The Bertz CT molecular complexity index is 463. The molecular formula is C13H22N4O2. The third kappa shape index (κ3) is 3.13. The van der Waals surface area contributed by atoms with Crippen LogP contribution in [0.1, 0.15) is 25.2 Å². The number of hydrogen-bond acceptors (Lipinski definition) is 4. The van der Waals surface area contributed by atoms with Gasteiger partial charge in [0, 0.05) is 24.7 Å². The maximum Gasteiger partial charge on any atom is 0.242 e. The Morgan fingerprint density at radius 3 is 2.84 bits per heavy atom. The van der Waals surface area contributed by atoms with Crippen molar-refractivity contribution in [2.75, 3.05) is 13.1 Å². The number of aromatic amines is 1. The Morgan fingerprint density at radius 2 is 2.32 bits per heavy atom. The number of nitrogens with one attached hydrogen (secondary N) is 1. The topological polar surface area (TPSA) is 95.2 Å². The van der Waals surface area contributed by atoms with Gasteiger partial charge in [0.05, 0.1) is 17.3 Å². The molecule has 19 heavy (non-hydrogen) atoms. The lowest BCUT2D eigenvalue weighted by molar-refractivity contribution is -0.135. The molecule has 6 nitrogen and oxygen atoms in total. The van der Waals surface area contributed by atoms with Gasteiger partial charge in [0.15, 0.2) is 0 Å². The molecule has 1 aromatic rings. The van der Waals surface area contributed by atoms with Gasteiger partial charge in [-0.3, -0.25) is 9.89 Å². The van der Waals surface area contributed by atoms with E-state index in [2.05, 4.69) is 10.2 Å². The van der Waals surface area contributed by atoms with Crippen LogP contribution in [0.3, 0.4) is 0 Å². The second-order valence-electron chi connectivity index (χ2n) is 6.01. The number of rotatable bonds is 3. The molecule has 0 radical (unpaired) electrons. The van der Waals surface area contributed by atoms with Gasteiger partial charge < -0.3 is 15.7 Å². The van der Waals surface area contributed by atoms with Gasteiger partial charge in [0.25, 0.3) is 0 Å². The van der Waals surface area contributed by atoms with Gasteiger partial charge in [0.1, 0.15) is 0 Å². The third-order valence-electron chi connectivity index (χ3n) is 3.48. The van der Waals surface area contributed by atoms with Crippen LogP contribution in [0.5, 0.6) is 0 Å². The van der Waals surface area contributed by atoms with E-state index in [1.807, 2.05) is 13.0 Å². The van der Waals surface area contributed by atoms with Crippen LogP contribution in [0, 0.1) is 12.8 Å². The summed E-state index contributed by atoms with van der Waals surface area (Å²) >= 11 is 0. The van der Waals surface area contributed by atoms with Crippen LogP contribution in [0.15, 0.2) is 6.07 Å². The molecule has 1 fully saturated rings. The summed E-state index contributed by atoms with van der Waals surface area (Å²) in [5.41, 5.74) is 6.84. The Morgan fingerprint density at radius 1 is 1.63 bits per heavy atom. The summed E-state index contributed by atoms with van der Waals surface area (Å²) in [6.07, 6.45) is 0.156. The first-order chi connectivity index (χ1) is 8.77. The number of aliphatic hydroxyl groups is 1. The largest absolute Gasteiger partial charge is 0.391 e. The lowest BCUT2D eigenvalue weighted by Crippen LogP contribution is -2.50. The Hall–Kier alpha value is -1.40. The van der Waals surface area contributed by atoms with Gasteiger partial charge in [-0.25, -0.2) is 0 Å². The average Bonchev–Trinajstić information content (AvgIpc) is 2.85. The third-order valence-corrected chi connectivity index (χ3v) is 3.48. The fourth-order valence-corrected chi connectivity index (χ4v) is 2.48. The fourth-order valence-electron chi connectivity index (χ4n) is 2.48. The zero-order valence-electron chi connectivity index (χ0n) is 11.7. The van der Waals surface area contributed by atoms with E-state index >= 15 is 0 Å². The molecule has 2 atom stereocenters. The van der Waals surface area contributed by atoms with E-state index in [4.69, 9.17) is 5.73 Å². The Balaban J connectivity index is 2.00. The van der Waals surface area contributed by atoms with E-state index in [-0.39, 0.29) is 11.8 Å². The summed E-state index contributed by atoms with van der Waals surface area (Å²) in [5.74, 6) is -0.0961. The number of aliphatic hydroxyl groups excluding tert-OH is 1. The van der Waals surface area contributed by atoms with Crippen molar-refractivity contribution in [3.8, 4) is 0 Å².